The smallest absolute Gasteiger partial charge is 0.253 e. The van der Waals surface area contributed by atoms with Crippen LogP contribution in [-0.2, 0) is 19.3 Å². The Bertz CT molecular complexity index is 802. The maximum absolute atomic E-state index is 12.6. The molecule has 2 aliphatic rings. The fraction of sp³-hybridized carbons (Fsp3) is 0.350. The Labute approximate surface area is 152 Å². The van der Waals surface area contributed by atoms with E-state index in [2.05, 4.69) is 6.07 Å². The molecule has 0 atom stereocenters. The van der Waals surface area contributed by atoms with Crippen molar-refractivity contribution in [2.75, 3.05) is 26.8 Å². The fourth-order valence-electron chi connectivity index (χ4n) is 3.57. The van der Waals surface area contributed by atoms with Crippen LogP contribution >= 0.6 is 11.6 Å². The summed E-state index contributed by atoms with van der Waals surface area (Å²) in [6, 6.07) is 9.18. The van der Waals surface area contributed by atoms with Gasteiger partial charge in [0.25, 0.3) is 5.91 Å². The summed E-state index contributed by atoms with van der Waals surface area (Å²) in [4.78, 5) is 14.3. The average Bonchev–Trinajstić information content (AvgIpc) is 3.26. The number of ether oxygens (including phenoxy) is 2. The first-order valence-corrected chi connectivity index (χ1v) is 8.95. The van der Waals surface area contributed by atoms with E-state index in [9.17, 15) is 4.79 Å². The SMILES string of the molecule is CN(CCc1c2c(cc3c1OCC3)OCC2)C(=O)c1cccc(Cl)c1. The van der Waals surface area contributed by atoms with Crippen molar-refractivity contribution in [3.05, 3.63) is 57.6 Å². The quantitative estimate of drug-likeness (QED) is 0.840. The molecule has 0 aromatic heterocycles. The molecule has 0 bridgehead atoms. The number of rotatable bonds is 4. The molecule has 0 spiro atoms. The molecule has 0 N–H and O–H groups in total. The molecule has 2 aromatic rings. The van der Waals surface area contributed by atoms with Gasteiger partial charge in [0.2, 0.25) is 0 Å². The van der Waals surface area contributed by atoms with E-state index in [1.54, 1.807) is 29.2 Å². The van der Waals surface area contributed by atoms with E-state index in [4.69, 9.17) is 21.1 Å². The summed E-state index contributed by atoms with van der Waals surface area (Å²) < 4.78 is 11.6. The number of benzene rings is 2. The largest absolute Gasteiger partial charge is 0.493 e. The summed E-state index contributed by atoms with van der Waals surface area (Å²) >= 11 is 5.99. The normalized spacial score (nSPS) is 14.5. The number of amides is 1. The lowest BCUT2D eigenvalue weighted by Gasteiger charge is -2.19. The Balaban J connectivity index is 1.53. The third-order valence-electron chi connectivity index (χ3n) is 4.88. The highest BCUT2D eigenvalue weighted by Gasteiger charge is 2.26. The molecule has 0 saturated carbocycles. The third kappa shape index (κ3) is 3.07. The molecular formula is C20H20ClNO3. The maximum atomic E-state index is 12.6. The minimum Gasteiger partial charge on any atom is -0.493 e. The van der Waals surface area contributed by atoms with Crippen molar-refractivity contribution < 1.29 is 14.3 Å². The van der Waals surface area contributed by atoms with E-state index < -0.39 is 0 Å². The van der Waals surface area contributed by atoms with Crippen LogP contribution < -0.4 is 9.47 Å². The lowest BCUT2D eigenvalue weighted by molar-refractivity contribution is 0.0796. The van der Waals surface area contributed by atoms with Gasteiger partial charge in [-0.1, -0.05) is 17.7 Å². The van der Waals surface area contributed by atoms with Crippen LogP contribution in [0.1, 0.15) is 27.0 Å². The number of carbonyl (C=O) groups is 1. The number of nitrogens with zero attached hydrogens (tertiary/aromatic N) is 1. The molecule has 0 aliphatic carbocycles. The Hall–Kier alpha value is -2.20. The summed E-state index contributed by atoms with van der Waals surface area (Å²) in [6.45, 7) is 2.07. The van der Waals surface area contributed by atoms with Crippen molar-refractivity contribution in [2.24, 2.45) is 0 Å². The zero-order chi connectivity index (χ0) is 17.4. The van der Waals surface area contributed by atoms with Gasteiger partial charge in [-0.3, -0.25) is 4.79 Å². The molecule has 4 nitrogen and oxygen atoms in total. The van der Waals surface area contributed by atoms with Gasteiger partial charge in [0.1, 0.15) is 11.5 Å². The number of hydrogen-bond acceptors (Lipinski definition) is 3. The van der Waals surface area contributed by atoms with Crippen LogP contribution in [0.3, 0.4) is 0 Å². The molecule has 2 aliphatic heterocycles. The molecule has 130 valence electrons. The zero-order valence-electron chi connectivity index (χ0n) is 14.2. The molecular weight excluding hydrogens is 338 g/mol. The van der Waals surface area contributed by atoms with E-state index >= 15 is 0 Å². The first-order valence-electron chi connectivity index (χ1n) is 8.58. The van der Waals surface area contributed by atoms with Crippen LogP contribution in [-0.4, -0.2) is 37.6 Å². The van der Waals surface area contributed by atoms with E-state index in [0.29, 0.717) is 17.1 Å². The molecule has 1 amide bonds. The molecule has 0 fully saturated rings. The van der Waals surface area contributed by atoms with E-state index in [0.717, 1.165) is 44.0 Å². The Morgan fingerprint density at radius 3 is 2.88 bits per heavy atom. The predicted molar refractivity (Wildman–Crippen MR) is 97.0 cm³/mol. The molecule has 5 heteroatoms. The highest BCUT2D eigenvalue weighted by molar-refractivity contribution is 6.30. The molecule has 2 heterocycles. The second-order valence-electron chi connectivity index (χ2n) is 6.50. The number of halogens is 1. The topological polar surface area (TPSA) is 38.8 Å². The number of carbonyl (C=O) groups excluding carboxylic acids is 1. The average molecular weight is 358 g/mol. The lowest BCUT2D eigenvalue weighted by Crippen LogP contribution is -2.29. The van der Waals surface area contributed by atoms with Gasteiger partial charge in [0, 0.05) is 53.7 Å². The number of hydrogen-bond donors (Lipinski definition) is 0. The van der Waals surface area contributed by atoms with Gasteiger partial charge in [-0.25, -0.2) is 0 Å². The first kappa shape index (κ1) is 16.3. The Morgan fingerprint density at radius 1 is 1.20 bits per heavy atom. The standard InChI is InChI=1S/C20H20ClNO3/c1-22(20(23)14-3-2-4-15(21)11-14)8-5-17-16-7-10-24-18(16)12-13-6-9-25-19(13)17/h2-4,11-12H,5-10H2,1H3. The zero-order valence-corrected chi connectivity index (χ0v) is 14.9. The van der Waals surface area contributed by atoms with Crippen molar-refractivity contribution >= 4 is 17.5 Å². The van der Waals surface area contributed by atoms with Crippen LogP contribution in [0, 0.1) is 0 Å². The van der Waals surface area contributed by atoms with Gasteiger partial charge in [0.05, 0.1) is 13.2 Å². The fourth-order valence-corrected chi connectivity index (χ4v) is 3.76. The second-order valence-corrected chi connectivity index (χ2v) is 6.94. The highest BCUT2D eigenvalue weighted by Crippen LogP contribution is 2.40. The van der Waals surface area contributed by atoms with Gasteiger partial charge in [-0.2, -0.15) is 0 Å². The molecule has 0 unspecified atom stereocenters. The molecule has 2 aromatic carbocycles. The van der Waals surface area contributed by atoms with Crippen molar-refractivity contribution in [3.63, 3.8) is 0 Å². The first-order chi connectivity index (χ1) is 12.1. The Morgan fingerprint density at radius 2 is 2.04 bits per heavy atom. The molecule has 25 heavy (non-hydrogen) atoms. The second kappa shape index (κ2) is 6.60. The minimum atomic E-state index is -0.0242. The van der Waals surface area contributed by atoms with Crippen molar-refractivity contribution in [1.82, 2.24) is 4.90 Å². The van der Waals surface area contributed by atoms with Gasteiger partial charge in [0.15, 0.2) is 0 Å². The van der Waals surface area contributed by atoms with E-state index in [1.165, 1.54) is 16.7 Å². The number of likely N-dealkylation sites (N-methyl/N-ethyl adjacent to an activating group) is 1. The van der Waals surface area contributed by atoms with Crippen LogP contribution in [0.2, 0.25) is 5.02 Å². The highest BCUT2D eigenvalue weighted by atomic mass is 35.5. The van der Waals surface area contributed by atoms with E-state index in [1.807, 2.05) is 7.05 Å². The van der Waals surface area contributed by atoms with Crippen molar-refractivity contribution in [1.29, 1.82) is 0 Å². The summed E-state index contributed by atoms with van der Waals surface area (Å²) in [6.07, 6.45) is 2.60. The predicted octanol–water partition coefficient (Wildman–Crippen LogP) is 3.52. The molecule has 4 rings (SSSR count). The summed E-state index contributed by atoms with van der Waals surface area (Å²) in [7, 11) is 1.82. The number of fused-ring (bicyclic) bond motifs is 2. The van der Waals surface area contributed by atoms with E-state index in [-0.39, 0.29) is 5.91 Å². The maximum Gasteiger partial charge on any atom is 0.253 e. The monoisotopic (exact) mass is 357 g/mol. The third-order valence-corrected chi connectivity index (χ3v) is 5.11. The van der Waals surface area contributed by atoms with Gasteiger partial charge in [-0.15, -0.1) is 0 Å². The lowest BCUT2D eigenvalue weighted by atomic mass is 9.97. The van der Waals surface area contributed by atoms with Crippen LogP contribution in [0.5, 0.6) is 11.5 Å². The Kier molecular flexibility index (Phi) is 4.30. The van der Waals surface area contributed by atoms with Crippen LogP contribution in [0.15, 0.2) is 30.3 Å². The molecule has 0 saturated heterocycles. The van der Waals surface area contributed by atoms with Gasteiger partial charge in [-0.05, 0) is 30.7 Å². The van der Waals surface area contributed by atoms with Gasteiger partial charge >= 0.3 is 0 Å². The van der Waals surface area contributed by atoms with Gasteiger partial charge < -0.3 is 14.4 Å². The van der Waals surface area contributed by atoms with Crippen LogP contribution in [0.25, 0.3) is 0 Å². The van der Waals surface area contributed by atoms with Crippen molar-refractivity contribution in [3.8, 4) is 11.5 Å². The minimum absolute atomic E-state index is 0.0242. The summed E-state index contributed by atoms with van der Waals surface area (Å²) in [5.74, 6) is 1.97. The van der Waals surface area contributed by atoms with Crippen molar-refractivity contribution in [2.45, 2.75) is 19.3 Å². The summed E-state index contributed by atoms with van der Waals surface area (Å²) in [5.41, 5.74) is 4.27. The summed E-state index contributed by atoms with van der Waals surface area (Å²) in [5, 5.41) is 0.573. The molecule has 0 radical (unpaired) electrons. The van der Waals surface area contributed by atoms with Crippen LogP contribution in [0.4, 0.5) is 0 Å².